The van der Waals surface area contributed by atoms with E-state index in [0.29, 0.717) is 46.2 Å². The molecule has 0 spiro atoms. The van der Waals surface area contributed by atoms with Crippen LogP contribution in [0.1, 0.15) is 50.6 Å². The van der Waals surface area contributed by atoms with Crippen molar-refractivity contribution in [3.63, 3.8) is 0 Å². The number of aryl methyl sites for hydroxylation is 1. The smallest absolute Gasteiger partial charge is 0.338 e. The van der Waals surface area contributed by atoms with Crippen LogP contribution in [0.25, 0.3) is 0 Å². The second-order valence-corrected chi connectivity index (χ2v) is 10.2. The summed E-state index contributed by atoms with van der Waals surface area (Å²) in [5, 5.41) is 15.0. The Morgan fingerprint density at radius 2 is 1.97 bits per heavy atom. The molecule has 202 valence electrons. The number of urea groups is 1. The Morgan fingerprint density at radius 3 is 2.66 bits per heavy atom. The highest BCUT2D eigenvalue weighted by Gasteiger charge is 2.35. The van der Waals surface area contributed by atoms with Crippen LogP contribution in [0.2, 0.25) is 0 Å². The fourth-order valence-electron chi connectivity index (χ4n) is 3.95. The average Bonchev–Trinajstić information content (AvgIpc) is 3.50. The second kappa shape index (κ2) is 12.7. The normalized spacial score (nSPS) is 15.4. The molecule has 38 heavy (non-hydrogen) atoms. The van der Waals surface area contributed by atoms with Crippen molar-refractivity contribution in [3.8, 4) is 5.75 Å². The molecule has 0 fully saturated rings. The van der Waals surface area contributed by atoms with E-state index in [9.17, 15) is 9.59 Å². The number of thioether (sulfide) groups is 1. The average molecular weight is 540 g/mol. The van der Waals surface area contributed by atoms with E-state index in [-0.39, 0.29) is 19.0 Å². The molecule has 1 aliphatic heterocycles. The number of nitrogens with one attached hydrogen (secondary N) is 2. The van der Waals surface area contributed by atoms with Gasteiger partial charge in [-0.25, -0.2) is 9.59 Å². The van der Waals surface area contributed by atoms with E-state index >= 15 is 0 Å². The topological polar surface area (TPSA) is 121 Å². The van der Waals surface area contributed by atoms with E-state index in [2.05, 4.69) is 34.7 Å². The third kappa shape index (κ3) is 6.77. The Labute approximate surface area is 226 Å². The van der Waals surface area contributed by atoms with Gasteiger partial charge in [0.1, 0.15) is 29.9 Å². The van der Waals surface area contributed by atoms with Gasteiger partial charge in [0.2, 0.25) is 0 Å². The van der Waals surface area contributed by atoms with Gasteiger partial charge in [0.15, 0.2) is 11.0 Å². The summed E-state index contributed by atoms with van der Waals surface area (Å²) < 4.78 is 19.0. The summed E-state index contributed by atoms with van der Waals surface area (Å²) >= 11 is 1.39. The van der Waals surface area contributed by atoms with Gasteiger partial charge >= 0.3 is 12.0 Å². The van der Waals surface area contributed by atoms with Crippen molar-refractivity contribution in [1.29, 1.82) is 0 Å². The number of carbonyl (C=O) groups excluding carboxylic acids is 2. The Hall–Kier alpha value is -3.73. The predicted molar refractivity (Wildman–Crippen MR) is 142 cm³/mol. The van der Waals surface area contributed by atoms with E-state index < -0.39 is 18.0 Å². The van der Waals surface area contributed by atoms with Gasteiger partial charge in [-0.1, -0.05) is 43.8 Å². The highest BCUT2D eigenvalue weighted by molar-refractivity contribution is 7.99. The predicted octanol–water partition coefficient (Wildman–Crippen LogP) is 4.77. The summed E-state index contributed by atoms with van der Waals surface area (Å²) in [5.41, 5.74) is 0.742. The monoisotopic (exact) mass is 539 g/mol. The van der Waals surface area contributed by atoms with Crippen molar-refractivity contribution >= 4 is 23.8 Å². The molecule has 1 aromatic carbocycles. The van der Waals surface area contributed by atoms with Crippen LogP contribution in [0, 0.1) is 12.8 Å². The fraction of sp³-hybridized carbons (Fsp3) is 0.407. The van der Waals surface area contributed by atoms with Gasteiger partial charge in [-0.3, -0.25) is 0 Å². The third-order valence-electron chi connectivity index (χ3n) is 5.87. The molecular formula is C27H33N5O5S. The van der Waals surface area contributed by atoms with Gasteiger partial charge in [0.05, 0.1) is 12.2 Å². The first-order valence-corrected chi connectivity index (χ1v) is 13.6. The Kier molecular flexibility index (Phi) is 9.11. The molecule has 3 aromatic rings. The lowest BCUT2D eigenvalue weighted by atomic mass is 10.0. The first-order chi connectivity index (χ1) is 18.4. The van der Waals surface area contributed by atoms with Crippen molar-refractivity contribution < 1.29 is 23.5 Å². The zero-order valence-corrected chi connectivity index (χ0v) is 22.8. The quantitative estimate of drug-likeness (QED) is 0.250. The summed E-state index contributed by atoms with van der Waals surface area (Å²) in [6, 6.07) is 11.9. The Morgan fingerprint density at radius 1 is 1.18 bits per heavy atom. The number of carbonyl (C=O) groups is 2. The first-order valence-electron chi connectivity index (χ1n) is 12.6. The molecule has 10 nitrogen and oxygen atoms in total. The van der Waals surface area contributed by atoms with Crippen LogP contribution in [0.15, 0.2) is 63.3 Å². The van der Waals surface area contributed by atoms with Crippen LogP contribution in [0.3, 0.4) is 0 Å². The second-order valence-electron chi connectivity index (χ2n) is 9.22. The maximum Gasteiger partial charge on any atom is 0.338 e. The molecule has 0 radical (unpaired) electrons. The molecule has 1 atom stereocenters. The first kappa shape index (κ1) is 27.3. The van der Waals surface area contributed by atoms with E-state index in [4.69, 9.17) is 13.9 Å². The lowest BCUT2D eigenvalue weighted by Gasteiger charge is -2.27. The number of esters is 1. The minimum absolute atomic E-state index is 0.203. The van der Waals surface area contributed by atoms with Crippen LogP contribution in [-0.2, 0) is 22.7 Å². The molecule has 0 saturated heterocycles. The summed E-state index contributed by atoms with van der Waals surface area (Å²) in [7, 11) is 0. The third-order valence-corrected chi connectivity index (χ3v) is 6.87. The molecule has 0 saturated carbocycles. The van der Waals surface area contributed by atoms with Crippen molar-refractivity contribution in [2.24, 2.45) is 5.92 Å². The zero-order valence-electron chi connectivity index (χ0n) is 22.0. The number of amides is 2. The fourth-order valence-corrected chi connectivity index (χ4v) is 4.90. The standard InChI is InChI=1S/C27H33N5O5S/c1-5-35-25(33)23-20(28-26(34)29-24(23)21-12-11-18(4)37-21)16-38-27-31-30-22(32(27)14-13-17(2)3)15-36-19-9-7-6-8-10-19/h6-12,17,24H,5,13-16H2,1-4H3,(H2,28,29,34)/t24-/m0/s1. The summed E-state index contributed by atoms with van der Waals surface area (Å²) in [6.07, 6.45) is 0.932. The van der Waals surface area contributed by atoms with Crippen LogP contribution in [0.5, 0.6) is 5.75 Å². The molecule has 0 unspecified atom stereocenters. The highest BCUT2D eigenvalue weighted by Crippen LogP contribution is 2.31. The van der Waals surface area contributed by atoms with E-state index in [0.717, 1.165) is 12.2 Å². The molecule has 11 heteroatoms. The zero-order chi connectivity index (χ0) is 27.1. The highest BCUT2D eigenvalue weighted by atomic mass is 32.2. The van der Waals surface area contributed by atoms with Gasteiger partial charge in [-0.15, -0.1) is 10.2 Å². The van der Waals surface area contributed by atoms with E-state index in [1.807, 2.05) is 34.9 Å². The number of hydrogen-bond acceptors (Lipinski definition) is 8. The van der Waals surface area contributed by atoms with Gasteiger partial charge in [0, 0.05) is 18.0 Å². The lowest BCUT2D eigenvalue weighted by Crippen LogP contribution is -2.46. The van der Waals surface area contributed by atoms with Gasteiger partial charge in [0.25, 0.3) is 0 Å². The summed E-state index contributed by atoms with van der Waals surface area (Å²) in [5.74, 6) is 2.83. The van der Waals surface area contributed by atoms with Crippen molar-refractivity contribution in [1.82, 2.24) is 25.4 Å². The molecular weight excluding hydrogens is 506 g/mol. The van der Waals surface area contributed by atoms with Gasteiger partial charge < -0.3 is 29.1 Å². The van der Waals surface area contributed by atoms with Crippen molar-refractivity contribution in [3.05, 3.63) is 71.1 Å². The minimum atomic E-state index is -0.763. The number of ether oxygens (including phenoxy) is 2. The number of furan rings is 1. The number of aromatic nitrogens is 3. The summed E-state index contributed by atoms with van der Waals surface area (Å²) in [6.45, 7) is 9.06. The largest absolute Gasteiger partial charge is 0.486 e. The van der Waals surface area contributed by atoms with Gasteiger partial charge in [-0.05, 0) is 50.5 Å². The molecule has 3 heterocycles. The van der Waals surface area contributed by atoms with Crippen LogP contribution in [0.4, 0.5) is 4.79 Å². The molecule has 2 amide bonds. The number of para-hydroxylation sites is 1. The Bertz CT molecular complexity index is 1280. The van der Waals surface area contributed by atoms with Gasteiger partial charge in [-0.2, -0.15) is 0 Å². The molecule has 2 aromatic heterocycles. The summed E-state index contributed by atoms with van der Waals surface area (Å²) in [4.78, 5) is 25.6. The molecule has 2 N–H and O–H groups in total. The number of nitrogens with zero attached hydrogens (tertiary/aromatic N) is 3. The van der Waals surface area contributed by atoms with E-state index in [1.54, 1.807) is 26.0 Å². The number of rotatable bonds is 12. The molecule has 1 aliphatic rings. The SMILES string of the molecule is CCOC(=O)C1=C(CSc2nnc(COc3ccccc3)n2CCC(C)C)NC(=O)N[C@H]1c1ccc(C)o1. The maximum absolute atomic E-state index is 13.0. The molecule has 4 rings (SSSR count). The van der Waals surface area contributed by atoms with E-state index in [1.165, 1.54) is 11.8 Å². The molecule has 0 bridgehead atoms. The number of benzene rings is 1. The minimum Gasteiger partial charge on any atom is -0.486 e. The van der Waals surface area contributed by atoms with Crippen molar-refractivity contribution in [2.45, 2.75) is 58.5 Å². The maximum atomic E-state index is 13.0. The lowest BCUT2D eigenvalue weighted by molar-refractivity contribution is -0.139. The Balaban J connectivity index is 1.60. The molecule has 0 aliphatic carbocycles. The number of hydrogen-bond donors (Lipinski definition) is 2. The van der Waals surface area contributed by atoms with Crippen molar-refractivity contribution in [2.75, 3.05) is 12.4 Å². The van der Waals surface area contributed by atoms with Crippen LogP contribution in [-0.4, -0.2) is 39.1 Å². The van der Waals surface area contributed by atoms with Crippen LogP contribution >= 0.6 is 11.8 Å². The van der Waals surface area contributed by atoms with Crippen LogP contribution < -0.4 is 15.4 Å².